The summed E-state index contributed by atoms with van der Waals surface area (Å²) in [5.41, 5.74) is 0.963. The SMILES string of the molecule is COC[C@@H](C)Nc1ccnc(Cl)c1. The zero-order chi connectivity index (χ0) is 9.68. The second-order valence-corrected chi connectivity index (χ2v) is 3.26. The quantitative estimate of drug-likeness (QED) is 0.757. The summed E-state index contributed by atoms with van der Waals surface area (Å²) in [5, 5.41) is 3.73. The molecule has 0 aliphatic heterocycles. The molecule has 1 heterocycles. The second kappa shape index (κ2) is 5.04. The lowest BCUT2D eigenvalue weighted by Gasteiger charge is -2.13. The van der Waals surface area contributed by atoms with Crippen LogP contribution in [0.5, 0.6) is 0 Å². The van der Waals surface area contributed by atoms with Gasteiger partial charge in [0.15, 0.2) is 0 Å². The summed E-state index contributed by atoms with van der Waals surface area (Å²) < 4.78 is 4.99. The maximum Gasteiger partial charge on any atom is 0.131 e. The van der Waals surface area contributed by atoms with Crippen molar-refractivity contribution in [3.63, 3.8) is 0 Å². The maximum atomic E-state index is 5.72. The zero-order valence-electron chi connectivity index (χ0n) is 7.75. The molecule has 1 aromatic heterocycles. The molecule has 0 aliphatic rings. The number of halogens is 1. The molecule has 1 rings (SSSR count). The van der Waals surface area contributed by atoms with Crippen molar-refractivity contribution < 1.29 is 4.74 Å². The van der Waals surface area contributed by atoms with Crippen LogP contribution in [0.15, 0.2) is 18.3 Å². The summed E-state index contributed by atoms with van der Waals surface area (Å²) in [6, 6.07) is 3.93. The van der Waals surface area contributed by atoms with Gasteiger partial charge >= 0.3 is 0 Å². The molecule has 1 aromatic rings. The van der Waals surface area contributed by atoms with E-state index in [4.69, 9.17) is 16.3 Å². The molecule has 0 fully saturated rings. The molecule has 1 atom stereocenters. The van der Waals surface area contributed by atoms with Gasteiger partial charge in [-0.1, -0.05) is 11.6 Å². The molecule has 0 aromatic carbocycles. The Morgan fingerprint density at radius 1 is 1.69 bits per heavy atom. The van der Waals surface area contributed by atoms with Crippen molar-refractivity contribution in [1.29, 1.82) is 0 Å². The summed E-state index contributed by atoms with van der Waals surface area (Å²) in [6.07, 6.45) is 1.67. The van der Waals surface area contributed by atoms with Gasteiger partial charge in [-0.15, -0.1) is 0 Å². The van der Waals surface area contributed by atoms with Crippen molar-refractivity contribution in [2.75, 3.05) is 19.0 Å². The monoisotopic (exact) mass is 200 g/mol. The van der Waals surface area contributed by atoms with Crippen LogP contribution in [0.3, 0.4) is 0 Å². The van der Waals surface area contributed by atoms with Crippen LogP contribution < -0.4 is 5.32 Å². The van der Waals surface area contributed by atoms with Crippen LogP contribution in [-0.2, 0) is 4.74 Å². The van der Waals surface area contributed by atoms with E-state index in [-0.39, 0.29) is 6.04 Å². The minimum atomic E-state index is 0.267. The van der Waals surface area contributed by atoms with E-state index in [1.54, 1.807) is 19.4 Å². The smallest absolute Gasteiger partial charge is 0.131 e. The van der Waals surface area contributed by atoms with Gasteiger partial charge < -0.3 is 10.1 Å². The largest absolute Gasteiger partial charge is 0.383 e. The van der Waals surface area contributed by atoms with Crippen LogP contribution in [0.1, 0.15) is 6.92 Å². The lowest BCUT2D eigenvalue weighted by molar-refractivity contribution is 0.190. The second-order valence-electron chi connectivity index (χ2n) is 2.87. The van der Waals surface area contributed by atoms with E-state index in [2.05, 4.69) is 10.3 Å². The molecule has 4 heteroatoms. The first-order valence-corrected chi connectivity index (χ1v) is 4.47. The molecule has 0 saturated carbocycles. The van der Waals surface area contributed by atoms with Crippen molar-refractivity contribution in [3.8, 4) is 0 Å². The number of nitrogens with one attached hydrogen (secondary N) is 1. The molecule has 0 bridgehead atoms. The Balaban J connectivity index is 2.53. The fourth-order valence-corrected chi connectivity index (χ4v) is 1.24. The van der Waals surface area contributed by atoms with Gasteiger partial charge in [-0.05, 0) is 19.1 Å². The van der Waals surface area contributed by atoms with Gasteiger partial charge in [0.1, 0.15) is 5.15 Å². The van der Waals surface area contributed by atoms with Gasteiger partial charge in [-0.25, -0.2) is 4.98 Å². The summed E-state index contributed by atoms with van der Waals surface area (Å²) >= 11 is 5.72. The van der Waals surface area contributed by atoms with Crippen LogP contribution in [0.2, 0.25) is 5.15 Å². The molecule has 3 nitrogen and oxygen atoms in total. The lowest BCUT2D eigenvalue weighted by atomic mass is 10.3. The topological polar surface area (TPSA) is 34.1 Å². The highest BCUT2D eigenvalue weighted by molar-refractivity contribution is 6.29. The van der Waals surface area contributed by atoms with Crippen LogP contribution >= 0.6 is 11.6 Å². The average Bonchev–Trinajstić information content (AvgIpc) is 2.04. The number of aromatic nitrogens is 1. The molecule has 0 saturated heterocycles. The van der Waals surface area contributed by atoms with Gasteiger partial charge in [0.05, 0.1) is 6.61 Å². The Hall–Kier alpha value is -0.800. The van der Waals surface area contributed by atoms with E-state index in [0.29, 0.717) is 11.8 Å². The number of rotatable bonds is 4. The number of hydrogen-bond donors (Lipinski definition) is 1. The van der Waals surface area contributed by atoms with E-state index in [9.17, 15) is 0 Å². The fraction of sp³-hybridized carbons (Fsp3) is 0.444. The third kappa shape index (κ3) is 3.61. The number of methoxy groups -OCH3 is 1. The van der Waals surface area contributed by atoms with Gasteiger partial charge in [0.25, 0.3) is 0 Å². The Morgan fingerprint density at radius 2 is 2.46 bits per heavy atom. The van der Waals surface area contributed by atoms with Gasteiger partial charge in [-0.3, -0.25) is 0 Å². The first-order valence-electron chi connectivity index (χ1n) is 4.09. The Kier molecular flexibility index (Phi) is 3.99. The molecular weight excluding hydrogens is 188 g/mol. The molecule has 72 valence electrons. The summed E-state index contributed by atoms with van der Waals surface area (Å²) in [4.78, 5) is 3.89. The molecule has 0 unspecified atom stereocenters. The fourth-order valence-electron chi connectivity index (χ4n) is 1.07. The molecule has 0 radical (unpaired) electrons. The minimum absolute atomic E-state index is 0.267. The highest BCUT2D eigenvalue weighted by Crippen LogP contribution is 2.12. The maximum absolute atomic E-state index is 5.72. The van der Waals surface area contributed by atoms with Gasteiger partial charge in [0, 0.05) is 25.0 Å². The predicted octanol–water partition coefficient (Wildman–Crippen LogP) is 2.18. The standard InChI is InChI=1S/C9H13ClN2O/c1-7(6-13-2)12-8-3-4-11-9(10)5-8/h3-5,7H,6H2,1-2H3,(H,11,12)/t7-/m1/s1. The average molecular weight is 201 g/mol. The van der Waals surface area contributed by atoms with Gasteiger partial charge in [0.2, 0.25) is 0 Å². The van der Waals surface area contributed by atoms with E-state index in [0.717, 1.165) is 5.69 Å². The minimum Gasteiger partial charge on any atom is -0.383 e. The third-order valence-electron chi connectivity index (χ3n) is 1.56. The Bertz CT molecular complexity index is 268. The predicted molar refractivity (Wildman–Crippen MR) is 54.2 cm³/mol. The van der Waals surface area contributed by atoms with Crippen LogP contribution in [0.25, 0.3) is 0 Å². The van der Waals surface area contributed by atoms with Gasteiger partial charge in [-0.2, -0.15) is 0 Å². The summed E-state index contributed by atoms with van der Waals surface area (Å²) in [7, 11) is 1.68. The number of hydrogen-bond acceptors (Lipinski definition) is 3. The number of pyridine rings is 1. The number of nitrogens with zero attached hydrogens (tertiary/aromatic N) is 1. The van der Waals surface area contributed by atoms with Crippen LogP contribution in [0.4, 0.5) is 5.69 Å². The molecule has 0 aliphatic carbocycles. The summed E-state index contributed by atoms with van der Waals surface area (Å²) in [5.74, 6) is 0. The van der Waals surface area contributed by atoms with Crippen LogP contribution in [0, 0.1) is 0 Å². The molecule has 0 amide bonds. The highest BCUT2D eigenvalue weighted by atomic mass is 35.5. The first kappa shape index (κ1) is 10.3. The zero-order valence-corrected chi connectivity index (χ0v) is 8.51. The van der Waals surface area contributed by atoms with E-state index in [1.807, 2.05) is 13.0 Å². The van der Waals surface area contributed by atoms with Crippen molar-refractivity contribution in [3.05, 3.63) is 23.5 Å². The number of anilines is 1. The number of ether oxygens (including phenoxy) is 1. The molecule has 13 heavy (non-hydrogen) atoms. The first-order chi connectivity index (χ1) is 6.22. The lowest BCUT2D eigenvalue weighted by Crippen LogP contribution is -2.20. The van der Waals surface area contributed by atoms with Crippen molar-refractivity contribution >= 4 is 17.3 Å². The van der Waals surface area contributed by atoms with Crippen molar-refractivity contribution in [2.24, 2.45) is 0 Å². The van der Waals surface area contributed by atoms with E-state index < -0.39 is 0 Å². The van der Waals surface area contributed by atoms with Crippen LogP contribution in [-0.4, -0.2) is 24.7 Å². The Morgan fingerprint density at radius 3 is 3.08 bits per heavy atom. The third-order valence-corrected chi connectivity index (χ3v) is 1.76. The molecular formula is C9H13ClN2O. The Labute approximate surface area is 83.1 Å². The van der Waals surface area contributed by atoms with E-state index >= 15 is 0 Å². The molecule has 0 spiro atoms. The van der Waals surface area contributed by atoms with Crippen molar-refractivity contribution in [1.82, 2.24) is 4.98 Å². The van der Waals surface area contributed by atoms with Crippen molar-refractivity contribution in [2.45, 2.75) is 13.0 Å². The van der Waals surface area contributed by atoms with E-state index in [1.165, 1.54) is 0 Å². The highest BCUT2D eigenvalue weighted by Gasteiger charge is 2.00. The summed E-state index contributed by atoms with van der Waals surface area (Å²) in [6.45, 7) is 2.71. The molecule has 1 N–H and O–H groups in total. The normalized spacial score (nSPS) is 12.5.